The molecule has 0 saturated carbocycles. The quantitative estimate of drug-likeness (QED) is 0.741. The second-order valence-corrected chi connectivity index (χ2v) is 6.67. The van der Waals surface area contributed by atoms with E-state index in [1.807, 2.05) is 0 Å². The van der Waals surface area contributed by atoms with Gasteiger partial charge in [0.25, 0.3) is 0 Å². The lowest BCUT2D eigenvalue weighted by Crippen LogP contribution is -2.51. The molecule has 0 spiro atoms. The number of hydrogen-bond acceptors (Lipinski definition) is 4. The number of carbonyl (C=O) groups excluding carboxylic acids is 1. The fourth-order valence-corrected chi connectivity index (χ4v) is 2.05. The third-order valence-electron chi connectivity index (χ3n) is 2.94. The van der Waals surface area contributed by atoms with Gasteiger partial charge in [0, 0.05) is 12.6 Å². The lowest BCUT2D eigenvalue weighted by atomic mass is 9.91. The summed E-state index contributed by atoms with van der Waals surface area (Å²) in [5, 5.41) is 0. The first-order valence-electron chi connectivity index (χ1n) is 6.66. The van der Waals surface area contributed by atoms with Crippen LogP contribution in [0.2, 0.25) is 0 Å². The monoisotopic (exact) mass is 258 g/mol. The highest BCUT2D eigenvalue weighted by Gasteiger charge is 2.33. The summed E-state index contributed by atoms with van der Waals surface area (Å²) < 4.78 is 5.01. The zero-order chi connectivity index (χ0) is 14.6. The van der Waals surface area contributed by atoms with Crippen molar-refractivity contribution in [3.05, 3.63) is 0 Å². The molecule has 0 radical (unpaired) electrons. The second kappa shape index (κ2) is 6.53. The summed E-state index contributed by atoms with van der Waals surface area (Å²) in [6, 6.07) is 0.239. The summed E-state index contributed by atoms with van der Waals surface area (Å²) in [6.07, 6.45) is 0.596. The van der Waals surface area contributed by atoms with Gasteiger partial charge in [-0.2, -0.15) is 0 Å². The van der Waals surface area contributed by atoms with Crippen molar-refractivity contribution in [2.75, 3.05) is 20.2 Å². The maximum Gasteiger partial charge on any atom is 0.325 e. The van der Waals surface area contributed by atoms with Crippen LogP contribution in [-0.4, -0.2) is 42.6 Å². The Kier molecular flexibility index (Phi) is 6.30. The number of hydrogen-bond donors (Lipinski definition) is 1. The van der Waals surface area contributed by atoms with Gasteiger partial charge in [-0.05, 0) is 39.7 Å². The van der Waals surface area contributed by atoms with E-state index in [1.54, 1.807) is 13.8 Å². The predicted molar refractivity (Wildman–Crippen MR) is 75.4 cm³/mol. The minimum atomic E-state index is -0.915. The summed E-state index contributed by atoms with van der Waals surface area (Å²) in [6.45, 7) is 13.6. The highest BCUT2D eigenvalue weighted by Crippen LogP contribution is 2.20. The van der Waals surface area contributed by atoms with E-state index in [4.69, 9.17) is 10.5 Å². The van der Waals surface area contributed by atoms with Crippen LogP contribution >= 0.6 is 0 Å². The Balaban J connectivity index is 4.45. The van der Waals surface area contributed by atoms with Crippen molar-refractivity contribution in [1.82, 2.24) is 4.90 Å². The molecule has 0 bridgehead atoms. The first-order valence-corrected chi connectivity index (χ1v) is 6.66. The first-order chi connectivity index (χ1) is 7.99. The molecule has 2 unspecified atom stereocenters. The van der Waals surface area contributed by atoms with Crippen molar-refractivity contribution in [3.63, 3.8) is 0 Å². The maximum absolute atomic E-state index is 11.7. The van der Waals surface area contributed by atoms with Gasteiger partial charge in [0.1, 0.15) is 5.54 Å². The van der Waals surface area contributed by atoms with Gasteiger partial charge in [-0.3, -0.25) is 4.79 Å². The van der Waals surface area contributed by atoms with Crippen molar-refractivity contribution in [1.29, 1.82) is 0 Å². The van der Waals surface area contributed by atoms with E-state index in [9.17, 15) is 4.79 Å². The summed E-state index contributed by atoms with van der Waals surface area (Å²) in [7, 11) is 2.07. The van der Waals surface area contributed by atoms with Gasteiger partial charge in [0.2, 0.25) is 0 Å². The molecule has 0 aromatic heterocycles. The van der Waals surface area contributed by atoms with Crippen molar-refractivity contribution in [3.8, 4) is 0 Å². The molecular formula is C14H30N2O2. The first kappa shape index (κ1) is 17.4. The number of carbonyl (C=O) groups is 1. The molecule has 4 nitrogen and oxygen atoms in total. The number of ether oxygens (including phenoxy) is 1. The Hall–Kier alpha value is -0.610. The van der Waals surface area contributed by atoms with E-state index < -0.39 is 5.54 Å². The van der Waals surface area contributed by atoms with Gasteiger partial charge in [-0.25, -0.2) is 0 Å². The van der Waals surface area contributed by atoms with Crippen LogP contribution in [0.1, 0.15) is 48.0 Å². The topological polar surface area (TPSA) is 55.6 Å². The average Bonchev–Trinajstić information content (AvgIpc) is 2.14. The van der Waals surface area contributed by atoms with Crippen molar-refractivity contribution < 1.29 is 9.53 Å². The lowest BCUT2D eigenvalue weighted by Gasteiger charge is -2.34. The number of rotatable bonds is 6. The highest BCUT2D eigenvalue weighted by molar-refractivity contribution is 5.80. The maximum atomic E-state index is 11.7. The predicted octanol–water partition coefficient (Wildman–Crippen LogP) is 2.02. The Labute approximate surface area is 112 Å². The minimum absolute atomic E-state index is 0.234. The van der Waals surface area contributed by atoms with Gasteiger partial charge in [0.15, 0.2) is 0 Å². The Morgan fingerprint density at radius 3 is 2.22 bits per heavy atom. The molecule has 0 aliphatic heterocycles. The molecular weight excluding hydrogens is 228 g/mol. The van der Waals surface area contributed by atoms with Gasteiger partial charge < -0.3 is 15.4 Å². The molecule has 0 aromatic rings. The van der Waals surface area contributed by atoms with E-state index in [2.05, 4.69) is 39.6 Å². The molecule has 0 amide bonds. The summed E-state index contributed by atoms with van der Waals surface area (Å²) in [4.78, 5) is 14.0. The minimum Gasteiger partial charge on any atom is -0.465 e. The molecule has 18 heavy (non-hydrogen) atoms. The van der Waals surface area contributed by atoms with Crippen LogP contribution < -0.4 is 5.73 Å². The molecule has 0 heterocycles. The van der Waals surface area contributed by atoms with Crippen molar-refractivity contribution >= 4 is 5.97 Å². The van der Waals surface area contributed by atoms with Gasteiger partial charge in [-0.1, -0.05) is 20.8 Å². The third kappa shape index (κ3) is 6.36. The summed E-state index contributed by atoms with van der Waals surface area (Å²) in [5.74, 6) is -0.319. The van der Waals surface area contributed by atoms with Gasteiger partial charge >= 0.3 is 5.97 Å². The van der Waals surface area contributed by atoms with Crippen LogP contribution in [0, 0.1) is 5.41 Å². The molecule has 108 valence electrons. The van der Waals surface area contributed by atoms with Crippen LogP contribution in [0.25, 0.3) is 0 Å². The normalized spacial score (nSPS) is 17.4. The fraction of sp³-hybridized carbons (Fsp3) is 0.929. The Morgan fingerprint density at radius 2 is 1.83 bits per heavy atom. The number of nitrogens with two attached hydrogens (primary N) is 1. The SMILES string of the molecule is CCOC(=O)C(C)(N)CC(C)N(C)CC(C)(C)C. The summed E-state index contributed by atoms with van der Waals surface area (Å²) >= 11 is 0. The van der Waals surface area contributed by atoms with Crippen molar-refractivity contribution in [2.45, 2.75) is 59.5 Å². The van der Waals surface area contributed by atoms with E-state index in [-0.39, 0.29) is 17.4 Å². The Bertz CT molecular complexity index is 269. The van der Waals surface area contributed by atoms with Gasteiger partial charge in [-0.15, -0.1) is 0 Å². The van der Waals surface area contributed by atoms with Crippen LogP contribution in [0.5, 0.6) is 0 Å². The zero-order valence-electron chi connectivity index (χ0n) is 13.0. The van der Waals surface area contributed by atoms with Crippen LogP contribution in [0.15, 0.2) is 0 Å². The molecule has 0 fully saturated rings. The second-order valence-electron chi connectivity index (χ2n) is 6.67. The fourth-order valence-electron chi connectivity index (χ4n) is 2.05. The molecule has 0 aromatic carbocycles. The molecule has 0 aliphatic carbocycles. The number of nitrogens with zero attached hydrogens (tertiary/aromatic N) is 1. The van der Waals surface area contributed by atoms with Crippen LogP contribution in [-0.2, 0) is 9.53 Å². The standard InChI is InChI=1S/C14H30N2O2/c1-8-18-12(17)14(6,15)9-11(2)16(7)10-13(3,4)5/h11H,8-10,15H2,1-7H3. The van der Waals surface area contributed by atoms with E-state index >= 15 is 0 Å². The van der Waals surface area contributed by atoms with E-state index in [0.29, 0.717) is 13.0 Å². The number of esters is 1. The summed E-state index contributed by atoms with van der Waals surface area (Å²) in [5.41, 5.74) is 5.37. The smallest absolute Gasteiger partial charge is 0.325 e. The largest absolute Gasteiger partial charge is 0.465 e. The molecule has 0 rings (SSSR count). The van der Waals surface area contributed by atoms with Gasteiger partial charge in [0.05, 0.1) is 6.61 Å². The van der Waals surface area contributed by atoms with E-state index in [0.717, 1.165) is 6.54 Å². The lowest BCUT2D eigenvalue weighted by molar-refractivity contribution is -0.149. The highest BCUT2D eigenvalue weighted by atomic mass is 16.5. The van der Waals surface area contributed by atoms with Crippen molar-refractivity contribution in [2.24, 2.45) is 11.1 Å². The average molecular weight is 258 g/mol. The third-order valence-corrected chi connectivity index (χ3v) is 2.94. The Morgan fingerprint density at radius 1 is 1.33 bits per heavy atom. The zero-order valence-corrected chi connectivity index (χ0v) is 13.0. The molecule has 4 heteroatoms. The molecule has 0 saturated heterocycles. The molecule has 2 N–H and O–H groups in total. The molecule has 2 atom stereocenters. The molecule has 0 aliphatic rings. The van der Waals surface area contributed by atoms with E-state index in [1.165, 1.54) is 0 Å². The van der Waals surface area contributed by atoms with Crippen LogP contribution in [0.4, 0.5) is 0 Å². The van der Waals surface area contributed by atoms with Crippen LogP contribution in [0.3, 0.4) is 0 Å².